The van der Waals surface area contributed by atoms with Crippen molar-refractivity contribution in [1.29, 1.82) is 0 Å². The van der Waals surface area contributed by atoms with Gasteiger partial charge >= 0.3 is 6.09 Å². The molecule has 1 saturated heterocycles. The molecule has 0 unspecified atom stereocenters. The summed E-state index contributed by atoms with van der Waals surface area (Å²) in [6, 6.07) is 18.8. The Bertz CT molecular complexity index is 675. The van der Waals surface area contributed by atoms with Crippen LogP contribution in [0, 0.1) is 5.92 Å². The van der Waals surface area contributed by atoms with Gasteiger partial charge in [0, 0.05) is 6.54 Å². The van der Waals surface area contributed by atoms with E-state index in [2.05, 4.69) is 0 Å². The number of rotatable bonds is 5. The van der Waals surface area contributed by atoms with Gasteiger partial charge in [0.2, 0.25) is 0 Å². The summed E-state index contributed by atoms with van der Waals surface area (Å²) in [7, 11) is 0. The van der Waals surface area contributed by atoms with E-state index in [1.54, 1.807) is 4.90 Å². The predicted octanol–water partition coefficient (Wildman–Crippen LogP) is 4.18. The van der Waals surface area contributed by atoms with Crippen LogP contribution >= 0.6 is 0 Å². The van der Waals surface area contributed by atoms with Gasteiger partial charge in [0.1, 0.15) is 5.60 Å². The second-order valence-corrected chi connectivity index (χ2v) is 7.32. The van der Waals surface area contributed by atoms with Gasteiger partial charge in [-0.15, -0.1) is 0 Å². The number of hydrogen-bond acceptors (Lipinski definition) is 3. The molecule has 4 nitrogen and oxygen atoms in total. The van der Waals surface area contributed by atoms with Crippen molar-refractivity contribution < 1.29 is 14.6 Å². The minimum absolute atomic E-state index is 0.280. The molecule has 4 heteroatoms. The molecule has 2 aromatic rings. The van der Waals surface area contributed by atoms with Gasteiger partial charge in [-0.25, -0.2) is 4.79 Å². The quantitative estimate of drug-likeness (QED) is 0.877. The molecule has 1 fully saturated rings. The van der Waals surface area contributed by atoms with Crippen molar-refractivity contribution >= 4 is 6.09 Å². The third kappa shape index (κ3) is 3.61. The first kappa shape index (κ1) is 18.5. The summed E-state index contributed by atoms with van der Waals surface area (Å²) in [4.78, 5) is 14.4. The highest BCUT2D eigenvalue weighted by atomic mass is 16.6. The fraction of sp³-hybridized carbons (Fsp3) is 0.409. The van der Waals surface area contributed by atoms with Crippen LogP contribution < -0.4 is 0 Å². The van der Waals surface area contributed by atoms with Crippen LogP contribution in [-0.2, 0) is 10.3 Å². The van der Waals surface area contributed by atoms with Crippen molar-refractivity contribution in [2.45, 2.75) is 38.3 Å². The van der Waals surface area contributed by atoms with Gasteiger partial charge in [-0.3, -0.25) is 0 Å². The third-order valence-electron chi connectivity index (χ3n) is 4.94. The predicted molar refractivity (Wildman–Crippen MR) is 102 cm³/mol. The monoisotopic (exact) mass is 353 g/mol. The Morgan fingerprint density at radius 2 is 1.65 bits per heavy atom. The summed E-state index contributed by atoms with van der Waals surface area (Å²) >= 11 is 0. The minimum Gasteiger partial charge on any atom is -0.449 e. The van der Waals surface area contributed by atoms with Crippen molar-refractivity contribution in [3.63, 3.8) is 0 Å². The molecule has 0 aromatic heterocycles. The lowest BCUT2D eigenvalue weighted by atomic mass is 9.79. The average molecular weight is 353 g/mol. The van der Waals surface area contributed by atoms with Crippen LogP contribution in [0.25, 0.3) is 0 Å². The van der Waals surface area contributed by atoms with E-state index in [1.165, 1.54) is 0 Å². The normalized spacial score (nSPS) is 17.5. The maximum absolute atomic E-state index is 12.7. The Hall–Kier alpha value is -2.33. The number of likely N-dealkylation sites (tertiary alicyclic amines) is 1. The van der Waals surface area contributed by atoms with Crippen molar-refractivity contribution in [2.24, 2.45) is 5.92 Å². The van der Waals surface area contributed by atoms with Crippen molar-refractivity contribution in [2.75, 3.05) is 13.2 Å². The highest BCUT2D eigenvalue weighted by molar-refractivity contribution is 5.69. The molecule has 1 aliphatic heterocycles. The maximum atomic E-state index is 12.7. The Morgan fingerprint density at radius 3 is 2.15 bits per heavy atom. The summed E-state index contributed by atoms with van der Waals surface area (Å²) in [5.41, 5.74) is 0.315. The smallest absolute Gasteiger partial charge is 0.410 e. The van der Waals surface area contributed by atoms with Crippen LogP contribution in [0.3, 0.4) is 0 Å². The standard InChI is InChI=1S/C22H27NO3/c1-17(2)16-26-21(24)23-15-9-14-20(23)22(25,18-10-5-3-6-11-18)19-12-7-4-8-13-19/h3-8,10-13,17,20,25H,9,14-16H2,1-2H3/t20-/m0/s1. The van der Waals surface area contributed by atoms with E-state index in [1.807, 2.05) is 74.5 Å². The number of hydrogen-bond donors (Lipinski definition) is 1. The number of ether oxygens (including phenoxy) is 1. The molecule has 1 amide bonds. The largest absolute Gasteiger partial charge is 0.449 e. The first-order valence-electron chi connectivity index (χ1n) is 9.30. The fourth-order valence-corrected chi connectivity index (χ4v) is 3.68. The molecule has 0 bridgehead atoms. The van der Waals surface area contributed by atoms with E-state index in [4.69, 9.17) is 4.74 Å². The minimum atomic E-state index is -1.27. The highest BCUT2D eigenvalue weighted by Crippen LogP contribution is 2.40. The molecule has 1 heterocycles. The SMILES string of the molecule is CC(C)COC(=O)N1CCC[C@H]1C(O)(c1ccccc1)c1ccccc1. The lowest BCUT2D eigenvalue weighted by Crippen LogP contribution is -2.50. The summed E-state index contributed by atoms with van der Waals surface area (Å²) < 4.78 is 5.46. The summed E-state index contributed by atoms with van der Waals surface area (Å²) in [6.45, 7) is 5.01. The maximum Gasteiger partial charge on any atom is 0.410 e. The van der Waals surface area contributed by atoms with Crippen LogP contribution in [0.2, 0.25) is 0 Å². The van der Waals surface area contributed by atoms with Gasteiger partial charge < -0.3 is 14.7 Å². The summed E-state index contributed by atoms with van der Waals surface area (Å²) in [6.07, 6.45) is 1.24. The Balaban J connectivity index is 1.98. The van der Waals surface area contributed by atoms with E-state index in [9.17, 15) is 9.90 Å². The molecule has 138 valence electrons. The van der Waals surface area contributed by atoms with E-state index in [-0.39, 0.29) is 18.1 Å². The molecule has 26 heavy (non-hydrogen) atoms. The molecule has 1 atom stereocenters. The first-order valence-corrected chi connectivity index (χ1v) is 9.30. The Labute approximate surface area is 155 Å². The molecule has 1 N–H and O–H groups in total. The number of amides is 1. The zero-order chi connectivity index (χ0) is 18.6. The van der Waals surface area contributed by atoms with Gasteiger partial charge in [0.15, 0.2) is 0 Å². The van der Waals surface area contributed by atoms with Crippen LogP contribution in [-0.4, -0.2) is 35.3 Å². The van der Waals surface area contributed by atoms with Crippen LogP contribution in [0.15, 0.2) is 60.7 Å². The lowest BCUT2D eigenvalue weighted by molar-refractivity contribution is -0.00701. The van der Waals surface area contributed by atoms with Gasteiger partial charge in [-0.05, 0) is 29.9 Å². The first-order chi connectivity index (χ1) is 12.5. The molecular weight excluding hydrogens is 326 g/mol. The fourth-order valence-electron chi connectivity index (χ4n) is 3.68. The molecule has 0 spiro atoms. The molecule has 0 saturated carbocycles. The second kappa shape index (κ2) is 7.92. The summed E-state index contributed by atoms with van der Waals surface area (Å²) in [5, 5.41) is 11.9. The van der Waals surface area contributed by atoms with Crippen molar-refractivity contribution in [3.05, 3.63) is 71.8 Å². The second-order valence-electron chi connectivity index (χ2n) is 7.32. The Kier molecular flexibility index (Phi) is 5.62. The average Bonchev–Trinajstić information content (AvgIpc) is 3.17. The van der Waals surface area contributed by atoms with Gasteiger partial charge in [-0.1, -0.05) is 74.5 Å². The zero-order valence-corrected chi connectivity index (χ0v) is 15.5. The van der Waals surface area contributed by atoms with Gasteiger partial charge in [0.05, 0.1) is 12.6 Å². The lowest BCUT2D eigenvalue weighted by Gasteiger charge is -2.39. The number of aliphatic hydroxyl groups is 1. The molecule has 0 aliphatic carbocycles. The molecule has 0 radical (unpaired) electrons. The van der Waals surface area contributed by atoms with E-state index in [0.29, 0.717) is 13.2 Å². The van der Waals surface area contributed by atoms with Gasteiger partial charge in [-0.2, -0.15) is 0 Å². The zero-order valence-electron chi connectivity index (χ0n) is 15.5. The summed E-state index contributed by atoms with van der Waals surface area (Å²) in [5.74, 6) is 0.280. The number of benzene rings is 2. The van der Waals surface area contributed by atoms with Crippen LogP contribution in [0.5, 0.6) is 0 Å². The number of nitrogens with zero attached hydrogens (tertiary/aromatic N) is 1. The molecule has 1 aliphatic rings. The van der Waals surface area contributed by atoms with Crippen LogP contribution in [0.4, 0.5) is 4.79 Å². The van der Waals surface area contributed by atoms with Crippen molar-refractivity contribution in [1.82, 2.24) is 4.90 Å². The molecule has 2 aromatic carbocycles. The third-order valence-corrected chi connectivity index (χ3v) is 4.94. The molecular formula is C22H27NO3. The number of carbonyl (C=O) groups excluding carboxylic acids is 1. The van der Waals surface area contributed by atoms with E-state index < -0.39 is 5.60 Å². The topological polar surface area (TPSA) is 49.8 Å². The van der Waals surface area contributed by atoms with Gasteiger partial charge in [0.25, 0.3) is 0 Å². The highest BCUT2D eigenvalue weighted by Gasteiger charge is 2.47. The van der Waals surface area contributed by atoms with Crippen molar-refractivity contribution in [3.8, 4) is 0 Å². The number of carbonyl (C=O) groups is 1. The Morgan fingerprint density at radius 1 is 1.12 bits per heavy atom. The van der Waals surface area contributed by atoms with E-state index >= 15 is 0 Å². The van der Waals surface area contributed by atoms with Crippen LogP contribution in [0.1, 0.15) is 37.8 Å². The molecule has 3 rings (SSSR count). The van der Waals surface area contributed by atoms with E-state index in [0.717, 1.165) is 24.0 Å².